The van der Waals surface area contributed by atoms with E-state index in [0.29, 0.717) is 53.2 Å². The molecular formula is C24H28ClN5O5. The van der Waals surface area contributed by atoms with Crippen molar-refractivity contribution < 1.29 is 23.8 Å². The summed E-state index contributed by atoms with van der Waals surface area (Å²) in [6.07, 6.45) is 6.97. The number of nitrogens with zero attached hydrogens (tertiary/aromatic N) is 2. The fraction of sp³-hybridized carbons (Fsp3) is 0.417. The van der Waals surface area contributed by atoms with Crippen molar-refractivity contribution in [3.05, 3.63) is 53.3 Å². The first-order valence-corrected chi connectivity index (χ1v) is 11.7. The van der Waals surface area contributed by atoms with Crippen molar-refractivity contribution in [2.45, 2.75) is 44.0 Å². The highest BCUT2D eigenvalue weighted by Gasteiger charge is 2.27. The van der Waals surface area contributed by atoms with E-state index >= 15 is 0 Å². The highest BCUT2D eigenvalue weighted by atomic mass is 35.5. The van der Waals surface area contributed by atoms with Gasteiger partial charge in [-0.3, -0.25) is 9.59 Å². The van der Waals surface area contributed by atoms with E-state index in [0.717, 1.165) is 12.8 Å². The summed E-state index contributed by atoms with van der Waals surface area (Å²) >= 11 is 6.44. The number of methoxy groups -OCH3 is 1. The van der Waals surface area contributed by atoms with Gasteiger partial charge < -0.3 is 30.2 Å². The summed E-state index contributed by atoms with van der Waals surface area (Å²) in [4.78, 5) is 32.8. The van der Waals surface area contributed by atoms with Gasteiger partial charge in [-0.05, 0) is 37.5 Å². The number of nitrogens with one attached hydrogen (secondary N) is 3. The molecule has 186 valence electrons. The second kappa shape index (κ2) is 11.4. The first kappa shape index (κ1) is 24.7. The van der Waals surface area contributed by atoms with Crippen molar-refractivity contribution in [3.8, 4) is 11.5 Å². The van der Waals surface area contributed by atoms with E-state index < -0.39 is 0 Å². The second-order valence-electron chi connectivity index (χ2n) is 8.36. The van der Waals surface area contributed by atoms with Crippen LogP contribution in [0.2, 0.25) is 5.02 Å². The molecule has 1 aromatic heterocycles. The number of aromatic nitrogens is 2. The molecule has 35 heavy (non-hydrogen) atoms. The minimum Gasteiger partial charge on any atom is -0.495 e. The number of hydrogen-bond donors (Lipinski definition) is 3. The van der Waals surface area contributed by atoms with Crippen LogP contribution in [0.4, 0.5) is 5.95 Å². The van der Waals surface area contributed by atoms with Gasteiger partial charge in [0.15, 0.2) is 5.75 Å². The Kier molecular flexibility index (Phi) is 8.04. The standard InChI is InChI=1S/C24H28ClN5O5/c1-3-21(31)29-18-6-7-34-13-19(18)30-24-26-10-17(11-27-24)35-12-15-8-14(9-20(33-2)22(15)25)23(32)28-16-4-5-16/h3,8-11,16,18-19H,1,4-7,12-13H2,2H3,(H,28,32)(H,29,31)(H,26,27,30)/t18-,19+/m0/s1. The highest BCUT2D eigenvalue weighted by Crippen LogP contribution is 2.31. The summed E-state index contributed by atoms with van der Waals surface area (Å²) in [6.45, 7) is 4.56. The normalized spacial score (nSPS) is 19.4. The average Bonchev–Trinajstić information content (AvgIpc) is 3.69. The van der Waals surface area contributed by atoms with Crippen LogP contribution in [-0.4, -0.2) is 60.2 Å². The molecule has 1 aromatic carbocycles. The molecule has 0 bridgehead atoms. The van der Waals surface area contributed by atoms with Gasteiger partial charge in [0.1, 0.15) is 12.4 Å². The van der Waals surface area contributed by atoms with Crippen LogP contribution in [0.1, 0.15) is 35.2 Å². The summed E-state index contributed by atoms with van der Waals surface area (Å²) in [5.74, 6) is 0.797. The Balaban J connectivity index is 1.38. The van der Waals surface area contributed by atoms with Crippen molar-refractivity contribution in [1.29, 1.82) is 0 Å². The third kappa shape index (κ3) is 6.61. The molecule has 2 aliphatic rings. The lowest BCUT2D eigenvalue weighted by Gasteiger charge is -2.32. The number of amides is 2. The minimum absolute atomic E-state index is 0.0992. The third-order valence-corrected chi connectivity index (χ3v) is 6.14. The van der Waals surface area contributed by atoms with Crippen LogP contribution in [0.15, 0.2) is 37.2 Å². The van der Waals surface area contributed by atoms with Gasteiger partial charge in [0.25, 0.3) is 5.91 Å². The summed E-state index contributed by atoms with van der Waals surface area (Å²) < 4.78 is 16.7. The van der Waals surface area contributed by atoms with Crippen LogP contribution in [0, 0.1) is 0 Å². The van der Waals surface area contributed by atoms with Crippen LogP contribution in [0.5, 0.6) is 11.5 Å². The zero-order valence-corrected chi connectivity index (χ0v) is 20.1. The number of benzene rings is 1. The number of ether oxygens (including phenoxy) is 3. The number of anilines is 1. The lowest BCUT2D eigenvalue weighted by Crippen LogP contribution is -2.52. The lowest BCUT2D eigenvalue weighted by molar-refractivity contribution is -0.117. The topological polar surface area (TPSA) is 124 Å². The average molecular weight is 502 g/mol. The molecule has 10 nitrogen and oxygen atoms in total. The summed E-state index contributed by atoms with van der Waals surface area (Å²) in [6, 6.07) is 3.24. The lowest BCUT2D eigenvalue weighted by atomic mass is 10.0. The molecule has 1 aliphatic heterocycles. The molecule has 1 aliphatic carbocycles. The number of halogens is 1. The summed E-state index contributed by atoms with van der Waals surface area (Å²) in [5, 5.41) is 9.42. The van der Waals surface area contributed by atoms with E-state index in [2.05, 4.69) is 32.5 Å². The fourth-order valence-corrected chi connectivity index (χ4v) is 3.86. The highest BCUT2D eigenvalue weighted by molar-refractivity contribution is 6.33. The predicted molar refractivity (Wildman–Crippen MR) is 130 cm³/mol. The van der Waals surface area contributed by atoms with Crippen LogP contribution in [-0.2, 0) is 16.1 Å². The van der Waals surface area contributed by atoms with Crippen LogP contribution in [0.25, 0.3) is 0 Å². The van der Waals surface area contributed by atoms with Gasteiger partial charge in [-0.15, -0.1) is 0 Å². The van der Waals surface area contributed by atoms with Crippen LogP contribution in [0.3, 0.4) is 0 Å². The molecule has 2 atom stereocenters. The minimum atomic E-state index is -0.238. The Morgan fingerprint density at radius 2 is 1.97 bits per heavy atom. The maximum atomic E-state index is 12.5. The quantitative estimate of drug-likeness (QED) is 0.424. The van der Waals surface area contributed by atoms with E-state index in [-0.39, 0.29) is 36.5 Å². The summed E-state index contributed by atoms with van der Waals surface area (Å²) in [7, 11) is 1.50. The van der Waals surface area contributed by atoms with Crippen molar-refractivity contribution in [2.75, 3.05) is 25.6 Å². The maximum Gasteiger partial charge on any atom is 0.251 e. The fourth-order valence-electron chi connectivity index (χ4n) is 3.62. The third-order valence-electron chi connectivity index (χ3n) is 5.72. The van der Waals surface area contributed by atoms with Gasteiger partial charge in [0.05, 0.1) is 43.2 Å². The molecule has 3 N–H and O–H groups in total. The van der Waals surface area contributed by atoms with Crippen molar-refractivity contribution in [2.24, 2.45) is 0 Å². The zero-order valence-electron chi connectivity index (χ0n) is 19.4. The van der Waals surface area contributed by atoms with Crippen molar-refractivity contribution >= 4 is 29.4 Å². The predicted octanol–water partition coefficient (Wildman–Crippen LogP) is 2.48. The Morgan fingerprint density at radius 1 is 1.20 bits per heavy atom. The van der Waals surface area contributed by atoms with E-state index in [1.807, 2.05) is 0 Å². The molecular weight excluding hydrogens is 474 g/mol. The first-order valence-electron chi connectivity index (χ1n) is 11.4. The van der Waals surface area contributed by atoms with Gasteiger partial charge in [-0.2, -0.15) is 0 Å². The molecule has 1 saturated heterocycles. The SMILES string of the molecule is C=CC(=O)N[C@H]1CCOC[C@H]1Nc1ncc(OCc2cc(C(=O)NC3CC3)cc(OC)c2Cl)cn1. The Bertz CT molecular complexity index is 1080. The van der Waals surface area contributed by atoms with Crippen molar-refractivity contribution in [1.82, 2.24) is 20.6 Å². The molecule has 2 fully saturated rings. The van der Waals surface area contributed by atoms with E-state index in [4.69, 9.17) is 25.8 Å². The molecule has 0 spiro atoms. The first-order chi connectivity index (χ1) is 17.0. The zero-order chi connectivity index (χ0) is 24.8. The molecule has 0 radical (unpaired) electrons. The largest absolute Gasteiger partial charge is 0.495 e. The maximum absolute atomic E-state index is 12.5. The van der Waals surface area contributed by atoms with Crippen molar-refractivity contribution in [3.63, 3.8) is 0 Å². The Labute approximate surface area is 208 Å². The van der Waals surface area contributed by atoms with E-state index in [1.54, 1.807) is 12.1 Å². The van der Waals surface area contributed by atoms with E-state index in [9.17, 15) is 9.59 Å². The van der Waals surface area contributed by atoms with Crippen LogP contribution < -0.4 is 25.4 Å². The monoisotopic (exact) mass is 501 g/mol. The molecule has 4 rings (SSSR count). The number of rotatable bonds is 10. The molecule has 11 heteroatoms. The van der Waals surface area contributed by atoms with E-state index in [1.165, 1.54) is 25.6 Å². The van der Waals surface area contributed by atoms with Gasteiger partial charge in [0, 0.05) is 23.8 Å². The number of carbonyl (C=O) groups is 2. The van der Waals surface area contributed by atoms with Gasteiger partial charge >= 0.3 is 0 Å². The smallest absolute Gasteiger partial charge is 0.251 e. The van der Waals surface area contributed by atoms with Gasteiger partial charge in [0.2, 0.25) is 11.9 Å². The Morgan fingerprint density at radius 3 is 2.66 bits per heavy atom. The van der Waals surface area contributed by atoms with Gasteiger partial charge in [-0.25, -0.2) is 9.97 Å². The molecule has 2 heterocycles. The molecule has 0 unspecified atom stereocenters. The molecule has 1 saturated carbocycles. The Hall–Kier alpha value is -3.37. The molecule has 2 aromatic rings. The molecule has 2 amide bonds. The summed E-state index contributed by atoms with van der Waals surface area (Å²) in [5.41, 5.74) is 1.06. The van der Waals surface area contributed by atoms with Crippen LogP contribution >= 0.6 is 11.6 Å². The number of hydrogen-bond acceptors (Lipinski definition) is 8. The second-order valence-corrected chi connectivity index (χ2v) is 8.74. The van der Waals surface area contributed by atoms with Gasteiger partial charge in [-0.1, -0.05) is 18.2 Å². The number of carbonyl (C=O) groups excluding carboxylic acids is 2.